The highest BCUT2D eigenvalue weighted by Crippen LogP contribution is 2.18. The van der Waals surface area contributed by atoms with Crippen LogP contribution in [0.15, 0.2) is 91.5 Å². The summed E-state index contributed by atoms with van der Waals surface area (Å²) >= 11 is 0. The van der Waals surface area contributed by atoms with E-state index in [1.54, 1.807) is 45.4 Å². The summed E-state index contributed by atoms with van der Waals surface area (Å²) < 4.78 is 27.0. The van der Waals surface area contributed by atoms with Crippen molar-refractivity contribution in [3.63, 3.8) is 0 Å². The van der Waals surface area contributed by atoms with E-state index in [0.717, 1.165) is 29.5 Å². The maximum absolute atomic E-state index is 12.9. The highest BCUT2D eigenvalue weighted by Gasteiger charge is 2.19. The van der Waals surface area contributed by atoms with Crippen LogP contribution in [0.4, 0.5) is 0 Å². The molecule has 1 atom stereocenters. The lowest BCUT2D eigenvalue weighted by Crippen LogP contribution is -2.28. The second kappa shape index (κ2) is 22.3. The first-order valence-electron chi connectivity index (χ1n) is 15.3. The van der Waals surface area contributed by atoms with Gasteiger partial charge in [-0.1, -0.05) is 101 Å². The Bertz CT molecular complexity index is 1290. The molecule has 3 aromatic rings. The van der Waals surface area contributed by atoms with Gasteiger partial charge in [0.05, 0.1) is 18.8 Å². The lowest BCUT2D eigenvalue weighted by Gasteiger charge is -2.20. The van der Waals surface area contributed by atoms with Crippen LogP contribution in [0, 0.1) is 6.92 Å². The summed E-state index contributed by atoms with van der Waals surface area (Å²) in [6.07, 6.45) is 1.40. The van der Waals surface area contributed by atoms with Gasteiger partial charge in [-0.3, -0.25) is 4.79 Å². The number of hydrogen-bond donors (Lipinski definition) is 0. The Labute approximate surface area is 269 Å². The van der Waals surface area contributed by atoms with E-state index in [9.17, 15) is 9.59 Å². The van der Waals surface area contributed by atoms with Crippen molar-refractivity contribution in [2.24, 2.45) is 0 Å². The zero-order valence-corrected chi connectivity index (χ0v) is 28.0. The van der Waals surface area contributed by atoms with E-state index in [0.29, 0.717) is 23.7 Å². The topological polar surface area (TPSA) is 80.3 Å². The van der Waals surface area contributed by atoms with Gasteiger partial charge < -0.3 is 23.7 Å². The minimum atomic E-state index is -0.681. The average Bonchev–Trinajstić information content (AvgIpc) is 3.06. The van der Waals surface area contributed by atoms with Gasteiger partial charge in [0.15, 0.2) is 6.10 Å². The van der Waals surface area contributed by atoms with Crippen molar-refractivity contribution in [2.75, 3.05) is 27.4 Å². The van der Waals surface area contributed by atoms with Gasteiger partial charge in [0.25, 0.3) is 0 Å². The fraction of sp³-hybridized carbons (Fsp3) is 0.368. The second-order valence-electron chi connectivity index (χ2n) is 10.00. The number of carbonyl (C=O) groups excluding carboxylic acids is 2. The average molecular weight is 619 g/mol. The molecule has 3 aromatic carbocycles. The molecule has 0 amide bonds. The highest BCUT2D eigenvalue weighted by atomic mass is 16.6. The van der Waals surface area contributed by atoms with Crippen molar-refractivity contribution in [1.82, 2.24) is 0 Å². The summed E-state index contributed by atoms with van der Waals surface area (Å²) in [4.78, 5) is 24.4. The monoisotopic (exact) mass is 618 g/mol. The number of carbonyl (C=O) groups is 2. The Kier molecular flexibility index (Phi) is 19.3. The number of ether oxygens (including phenoxy) is 5. The third-order valence-electron chi connectivity index (χ3n) is 6.25. The van der Waals surface area contributed by atoms with Crippen molar-refractivity contribution >= 4 is 17.7 Å². The Morgan fingerprint density at radius 1 is 0.756 bits per heavy atom. The first-order chi connectivity index (χ1) is 21.7. The normalized spacial score (nSPS) is 10.6. The zero-order chi connectivity index (χ0) is 33.6. The number of methoxy groups -OCH3 is 1. The summed E-state index contributed by atoms with van der Waals surface area (Å²) in [7, 11) is 3.25. The van der Waals surface area contributed by atoms with Gasteiger partial charge >= 0.3 is 11.9 Å². The van der Waals surface area contributed by atoms with Crippen LogP contribution in [0.2, 0.25) is 0 Å². The Hall–Kier alpha value is -4.20. The van der Waals surface area contributed by atoms with Gasteiger partial charge in [-0.15, -0.1) is 0 Å². The first kappa shape index (κ1) is 38.8. The molecular formula is C38H50O7. The van der Waals surface area contributed by atoms with E-state index in [4.69, 9.17) is 18.9 Å². The van der Waals surface area contributed by atoms with Crippen LogP contribution in [0.3, 0.4) is 0 Å². The molecule has 0 fully saturated rings. The van der Waals surface area contributed by atoms with Crippen molar-refractivity contribution in [1.29, 1.82) is 0 Å². The second-order valence-corrected chi connectivity index (χ2v) is 10.00. The number of esters is 2. The van der Waals surface area contributed by atoms with Crippen LogP contribution in [-0.4, -0.2) is 45.5 Å². The van der Waals surface area contributed by atoms with Gasteiger partial charge in [-0.2, -0.15) is 0 Å². The van der Waals surface area contributed by atoms with Crippen molar-refractivity contribution in [2.45, 2.75) is 66.6 Å². The molecule has 0 saturated heterocycles. The summed E-state index contributed by atoms with van der Waals surface area (Å²) in [6.45, 7) is 18.5. The number of rotatable bonds is 15. The molecule has 0 N–H and O–H groups in total. The largest absolute Gasteiger partial charge is 0.490 e. The molecule has 7 heteroatoms. The van der Waals surface area contributed by atoms with E-state index in [-0.39, 0.29) is 25.6 Å². The highest BCUT2D eigenvalue weighted by molar-refractivity contribution is 5.89. The van der Waals surface area contributed by atoms with E-state index < -0.39 is 12.1 Å². The molecule has 0 radical (unpaired) electrons. The molecule has 3 rings (SSSR count). The first-order valence-corrected chi connectivity index (χ1v) is 15.3. The summed E-state index contributed by atoms with van der Waals surface area (Å²) in [5, 5.41) is 0. The Morgan fingerprint density at radius 3 is 1.87 bits per heavy atom. The lowest BCUT2D eigenvalue weighted by atomic mass is 10.0. The van der Waals surface area contributed by atoms with E-state index in [1.165, 1.54) is 11.1 Å². The lowest BCUT2D eigenvalue weighted by molar-refractivity contribution is -0.134. The smallest absolute Gasteiger partial charge is 0.338 e. The molecule has 0 bridgehead atoms. The van der Waals surface area contributed by atoms with Crippen LogP contribution in [-0.2, 0) is 36.8 Å². The number of hydrogen-bond acceptors (Lipinski definition) is 7. The van der Waals surface area contributed by atoms with Crippen molar-refractivity contribution in [3.8, 4) is 5.75 Å². The summed E-state index contributed by atoms with van der Waals surface area (Å²) in [5.74, 6) is -0.0370. The van der Waals surface area contributed by atoms with Crippen LogP contribution >= 0.6 is 0 Å². The number of aryl methyl sites for hydroxylation is 1. The zero-order valence-electron chi connectivity index (χ0n) is 28.0. The summed E-state index contributed by atoms with van der Waals surface area (Å²) in [6, 6.07) is 22.3. The maximum Gasteiger partial charge on any atom is 0.338 e. The minimum absolute atomic E-state index is 0.0721. The quantitative estimate of drug-likeness (QED) is 0.0731. The molecule has 0 spiro atoms. The van der Waals surface area contributed by atoms with Gasteiger partial charge in [0, 0.05) is 26.2 Å². The van der Waals surface area contributed by atoms with Crippen molar-refractivity contribution < 1.29 is 33.3 Å². The molecule has 0 aliphatic carbocycles. The Balaban J connectivity index is 0.00000191. The van der Waals surface area contributed by atoms with Crippen LogP contribution < -0.4 is 4.74 Å². The standard InChI is InChI=1S/C34H38O6.C2H6O.C2H6/c1-6-24(3)20-27-10-12-28(13-11-27)21-37-22-32(23-38-26(5)29-14-8-25(4)9-15-29)40-34(36)30-16-18-31(19-17-30)39-33(35)7-2;1-3-2;1-2/h8-19,32H,3,5-7,20-23H2,1-2,4H3;1-2H3;1-2H3. The van der Waals surface area contributed by atoms with Gasteiger partial charge in [-0.05, 0) is 55.2 Å². The molecule has 244 valence electrons. The van der Waals surface area contributed by atoms with Crippen LogP contribution in [0.25, 0.3) is 5.76 Å². The molecule has 0 aliphatic heterocycles. The molecule has 0 aromatic heterocycles. The fourth-order valence-corrected chi connectivity index (χ4v) is 3.69. The molecule has 7 nitrogen and oxygen atoms in total. The third-order valence-corrected chi connectivity index (χ3v) is 6.25. The third kappa shape index (κ3) is 15.4. The maximum atomic E-state index is 12.9. The van der Waals surface area contributed by atoms with E-state index >= 15 is 0 Å². The number of benzene rings is 3. The number of allylic oxidation sites excluding steroid dienone is 1. The van der Waals surface area contributed by atoms with Gasteiger partial charge in [-0.25, -0.2) is 4.79 Å². The molecule has 0 heterocycles. The van der Waals surface area contributed by atoms with Crippen LogP contribution in [0.5, 0.6) is 5.75 Å². The van der Waals surface area contributed by atoms with E-state index in [1.807, 2.05) is 57.2 Å². The molecule has 45 heavy (non-hydrogen) atoms. The molecular weight excluding hydrogens is 568 g/mol. The molecule has 1 unspecified atom stereocenters. The predicted molar refractivity (Wildman–Crippen MR) is 181 cm³/mol. The molecule has 0 saturated carbocycles. The SMILES string of the molecule is C=C(CC)Cc1ccc(COCC(COC(=C)c2ccc(C)cc2)OC(=O)c2ccc(OC(=O)CC)cc2)cc1.CC.COC. The fourth-order valence-electron chi connectivity index (χ4n) is 3.69. The van der Waals surface area contributed by atoms with Crippen molar-refractivity contribution in [3.05, 3.63) is 119 Å². The Morgan fingerprint density at radius 2 is 1.31 bits per heavy atom. The minimum Gasteiger partial charge on any atom is -0.490 e. The molecule has 0 aliphatic rings. The van der Waals surface area contributed by atoms with Gasteiger partial charge in [0.2, 0.25) is 0 Å². The van der Waals surface area contributed by atoms with Gasteiger partial charge in [0.1, 0.15) is 18.1 Å². The van der Waals surface area contributed by atoms with E-state index in [2.05, 4.69) is 37.0 Å². The predicted octanol–water partition coefficient (Wildman–Crippen LogP) is 8.54. The summed E-state index contributed by atoms with van der Waals surface area (Å²) in [5.41, 5.74) is 5.72. The van der Waals surface area contributed by atoms with Crippen LogP contribution in [0.1, 0.15) is 73.1 Å².